The van der Waals surface area contributed by atoms with E-state index < -0.39 is 7.12 Å². The molecule has 2 heterocycles. The summed E-state index contributed by atoms with van der Waals surface area (Å²) < 4.78 is 10.3. The van der Waals surface area contributed by atoms with Gasteiger partial charge in [0.1, 0.15) is 0 Å². The average Bonchev–Trinajstić information content (AvgIpc) is 3.84. The third-order valence-electron chi connectivity index (χ3n) is 10.4. The average molecular weight is 828 g/mol. The summed E-state index contributed by atoms with van der Waals surface area (Å²) in [6.45, 7) is 0. The van der Waals surface area contributed by atoms with E-state index in [-0.39, 0.29) is 11.9 Å². The number of pyridine rings is 1. The fourth-order valence-corrected chi connectivity index (χ4v) is 8.29. The third-order valence-corrected chi connectivity index (χ3v) is 11.1. The topological polar surface area (TPSA) is 122 Å². The Morgan fingerprint density at radius 2 is 1.22 bits per heavy atom. The van der Waals surface area contributed by atoms with Crippen LogP contribution in [0.3, 0.4) is 0 Å². The van der Waals surface area contributed by atoms with Crippen LogP contribution in [0, 0.1) is 0 Å². The summed E-state index contributed by atoms with van der Waals surface area (Å²) in [6.07, 6.45) is 4.46. The molecule has 9 aromatic rings. The summed E-state index contributed by atoms with van der Waals surface area (Å²) in [6, 6.07) is 45.6. The number of carbonyl (C=O) groups is 2. The fourth-order valence-electron chi connectivity index (χ4n) is 7.84. The number of halogens is 1. The van der Waals surface area contributed by atoms with Crippen molar-refractivity contribution in [2.75, 3.05) is 14.2 Å². The molecule has 0 radical (unpaired) electrons. The summed E-state index contributed by atoms with van der Waals surface area (Å²) >= 11 is 3.24. The van der Waals surface area contributed by atoms with Crippen molar-refractivity contribution < 1.29 is 29.1 Å². The van der Waals surface area contributed by atoms with Crippen molar-refractivity contribution in [2.45, 2.75) is 6.42 Å². The summed E-state index contributed by atoms with van der Waals surface area (Å²) in [7, 11) is 1.30. The number of nitrogens with one attached hydrogen (secondary N) is 1. The molecular weight excluding hydrogens is 791 g/mol. The van der Waals surface area contributed by atoms with E-state index in [1.54, 1.807) is 36.7 Å². The minimum Gasteiger partial charge on any atom is -0.465 e. The highest BCUT2D eigenvalue weighted by atomic mass is 79.9. The number of methoxy groups -OCH3 is 2. The number of nitrogens with zero attached hydrogens (tertiary/aromatic N) is 1. The smallest absolute Gasteiger partial charge is 0.465 e. The van der Waals surface area contributed by atoms with Crippen LogP contribution in [0.4, 0.5) is 0 Å². The highest BCUT2D eigenvalue weighted by molar-refractivity contribution is 9.10. The van der Waals surface area contributed by atoms with E-state index in [0.29, 0.717) is 16.6 Å². The van der Waals surface area contributed by atoms with Crippen LogP contribution in [0.1, 0.15) is 31.8 Å². The van der Waals surface area contributed by atoms with Crippen LogP contribution >= 0.6 is 15.9 Å². The first-order chi connectivity index (χ1) is 28.3. The summed E-state index contributed by atoms with van der Waals surface area (Å²) in [4.78, 5) is 30.7. The third kappa shape index (κ3) is 7.13. The van der Waals surface area contributed by atoms with Gasteiger partial charge in [-0.25, -0.2) is 9.59 Å². The molecule has 0 unspecified atom stereocenters. The molecule has 8 nitrogen and oxygen atoms in total. The second kappa shape index (κ2) is 16.5. The molecule has 7 aromatic carbocycles. The number of esters is 2. The molecule has 0 aliphatic heterocycles. The second-order valence-corrected chi connectivity index (χ2v) is 14.6. The van der Waals surface area contributed by atoms with E-state index in [9.17, 15) is 19.6 Å². The lowest BCUT2D eigenvalue weighted by Crippen LogP contribution is -2.30. The zero-order valence-corrected chi connectivity index (χ0v) is 33.2. The number of benzene rings is 7. The van der Waals surface area contributed by atoms with E-state index >= 15 is 0 Å². The van der Waals surface area contributed by atoms with Crippen molar-refractivity contribution in [1.82, 2.24) is 9.97 Å². The van der Waals surface area contributed by atoms with Crippen LogP contribution in [0.25, 0.3) is 65.6 Å². The van der Waals surface area contributed by atoms with Crippen molar-refractivity contribution in [1.29, 1.82) is 0 Å². The zero-order chi connectivity index (χ0) is 40.3. The quantitative estimate of drug-likeness (QED) is 0.119. The van der Waals surface area contributed by atoms with E-state index in [4.69, 9.17) is 4.74 Å². The van der Waals surface area contributed by atoms with E-state index in [0.717, 1.165) is 60.0 Å². The summed E-state index contributed by atoms with van der Waals surface area (Å²) in [5, 5.41) is 25.6. The first kappa shape index (κ1) is 38.3. The molecule has 10 rings (SSSR count). The van der Waals surface area contributed by atoms with Gasteiger partial charge in [-0.15, -0.1) is 0 Å². The predicted molar refractivity (Wildman–Crippen MR) is 235 cm³/mol. The van der Waals surface area contributed by atoms with Gasteiger partial charge in [-0.3, -0.25) is 4.98 Å². The van der Waals surface area contributed by atoms with E-state index in [1.807, 2.05) is 60.7 Å². The normalized spacial score (nSPS) is 11.3. The van der Waals surface area contributed by atoms with Crippen LogP contribution < -0.4 is 5.46 Å². The van der Waals surface area contributed by atoms with E-state index in [1.165, 1.54) is 41.9 Å². The maximum absolute atomic E-state index is 12.3. The molecule has 1 aliphatic carbocycles. The Labute approximate surface area is 343 Å². The van der Waals surface area contributed by atoms with Gasteiger partial charge < -0.3 is 24.5 Å². The Bertz CT molecular complexity index is 3020. The summed E-state index contributed by atoms with van der Waals surface area (Å²) in [5.74, 6) is -0.629. The van der Waals surface area contributed by atoms with Gasteiger partial charge in [0.25, 0.3) is 0 Å². The molecule has 0 amide bonds. The van der Waals surface area contributed by atoms with Crippen LogP contribution in [-0.2, 0) is 15.9 Å². The van der Waals surface area contributed by atoms with Gasteiger partial charge in [-0.2, -0.15) is 0 Å². The van der Waals surface area contributed by atoms with Gasteiger partial charge in [0.05, 0.1) is 37.1 Å². The maximum atomic E-state index is 12.3. The fraction of sp³-hybridized carbons (Fsp3) is 0.0625. The lowest BCUT2D eigenvalue weighted by molar-refractivity contribution is 0.0591. The van der Waals surface area contributed by atoms with Gasteiger partial charge in [-0.1, -0.05) is 103 Å². The second-order valence-electron chi connectivity index (χ2n) is 13.7. The number of carbonyl (C=O) groups excluding carboxylic acids is 2. The Hall–Kier alpha value is -6.59. The van der Waals surface area contributed by atoms with Crippen molar-refractivity contribution in [3.8, 4) is 22.3 Å². The molecule has 10 heteroatoms. The minimum atomic E-state index is -1.49. The van der Waals surface area contributed by atoms with Gasteiger partial charge in [-0.05, 0) is 119 Å². The standard InChI is InChI=1S/C25H18O2.C15H11BN2O2.C8H7BrO2/c1-27-25(26)22-13-7-5-11-20(22)23-15-17-14-16-8-2-3-9-18(16)24(17)21-12-6-4-10-19(21)23;19-16(20)12-7-13-15(10-4-2-1-3-9(10)12)11-5-6-17-8-14(11)18-13;1-11-8(10)6-4-2-3-5-7(6)9/h2-13,15H,14H2,1H3;1-8,18-20H;2-5H,1H3. The van der Waals surface area contributed by atoms with Crippen molar-refractivity contribution in [2.24, 2.45) is 0 Å². The molecule has 58 heavy (non-hydrogen) atoms. The number of aromatic amines is 1. The van der Waals surface area contributed by atoms with Gasteiger partial charge in [0.2, 0.25) is 0 Å². The lowest BCUT2D eigenvalue weighted by atomic mass is 9.76. The Balaban J connectivity index is 0.000000133. The molecule has 0 bridgehead atoms. The number of ether oxygens (including phenoxy) is 2. The molecule has 0 spiro atoms. The van der Waals surface area contributed by atoms with Crippen LogP contribution in [0.15, 0.2) is 156 Å². The predicted octanol–water partition coefficient (Wildman–Crippen LogP) is 9.65. The Kier molecular flexibility index (Phi) is 10.9. The molecule has 1 aliphatic rings. The molecule has 3 N–H and O–H groups in total. The van der Waals surface area contributed by atoms with Crippen molar-refractivity contribution in [3.63, 3.8) is 0 Å². The molecule has 284 valence electrons. The molecule has 0 saturated carbocycles. The molecular formula is C48H36BBrN2O6. The van der Waals surface area contributed by atoms with Crippen molar-refractivity contribution in [3.05, 3.63) is 179 Å². The Morgan fingerprint density at radius 1 is 0.621 bits per heavy atom. The molecule has 0 saturated heterocycles. The van der Waals surface area contributed by atoms with Gasteiger partial charge in [0, 0.05) is 27.0 Å². The lowest BCUT2D eigenvalue weighted by Gasteiger charge is -2.15. The van der Waals surface area contributed by atoms with Crippen LogP contribution in [-0.4, -0.2) is 53.3 Å². The number of rotatable bonds is 4. The monoisotopic (exact) mass is 826 g/mol. The first-order valence-electron chi connectivity index (χ1n) is 18.6. The van der Waals surface area contributed by atoms with E-state index in [2.05, 4.69) is 85.2 Å². The van der Waals surface area contributed by atoms with Crippen molar-refractivity contribution >= 4 is 83.8 Å². The number of fused-ring (bicyclic) bond motifs is 10. The highest BCUT2D eigenvalue weighted by Gasteiger charge is 2.24. The number of hydrogen-bond donors (Lipinski definition) is 3. The van der Waals surface area contributed by atoms with Crippen LogP contribution in [0.2, 0.25) is 0 Å². The number of H-pyrrole nitrogens is 1. The highest BCUT2D eigenvalue weighted by Crippen LogP contribution is 2.45. The zero-order valence-electron chi connectivity index (χ0n) is 31.6. The molecule has 0 atom stereocenters. The van der Waals surface area contributed by atoms with Gasteiger partial charge >= 0.3 is 19.1 Å². The summed E-state index contributed by atoms with van der Waals surface area (Å²) in [5.41, 5.74) is 10.8. The molecule has 2 aromatic heterocycles. The maximum Gasteiger partial charge on any atom is 0.489 e. The largest absolute Gasteiger partial charge is 0.489 e. The van der Waals surface area contributed by atoms with Gasteiger partial charge in [0.15, 0.2) is 0 Å². The number of aromatic nitrogens is 2. The first-order valence-corrected chi connectivity index (χ1v) is 19.3. The minimum absolute atomic E-state index is 0.307. The Morgan fingerprint density at radius 3 is 1.95 bits per heavy atom. The van der Waals surface area contributed by atoms with Crippen LogP contribution in [0.5, 0.6) is 0 Å². The molecule has 0 fully saturated rings. The SMILES string of the molecule is COC(=O)c1ccccc1-c1cc2c(c3ccccc13)-c1ccccc1C2.COC(=O)c1ccccc1Br.OB(O)c1cc2[nH]c3cnccc3c2c2ccccc12. The number of hydrogen-bond acceptors (Lipinski definition) is 7.